The molecule has 1 atom stereocenters. The number of likely N-dealkylation sites (N-methyl/N-ethyl adjacent to an activating group) is 1. The summed E-state index contributed by atoms with van der Waals surface area (Å²) in [5.41, 5.74) is 4.04. The number of amides is 2. The molecule has 1 aliphatic heterocycles. The molecule has 0 bridgehead atoms. The molecule has 0 aromatic heterocycles. The van der Waals surface area contributed by atoms with E-state index in [0.29, 0.717) is 6.54 Å². The third kappa shape index (κ3) is 1.88. The van der Waals surface area contributed by atoms with E-state index in [4.69, 9.17) is 0 Å². The van der Waals surface area contributed by atoms with Crippen molar-refractivity contribution < 1.29 is 9.59 Å². The van der Waals surface area contributed by atoms with Gasteiger partial charge in [0, 0.05) is 19.0 Å². The number of anilines is 1. The van der Waals surface area contributed by atoms with Gasteiger partial charge >= 0.3 is 0 Å². The fourth-order valence-corrected chi connectivity index (χ4v) is 2.64. The number of nitrogens with zero attached hydrogens (tertiary/aromatic N) is 1. The van der Waals surface area contributed by atoms with Gasteiger partial charge in [0.15, 0.2) is 0 Å². The minimum atomic E-state index is -0.531. The van der Waals surface area contributed by atoms with Gasteiger partial charge < -0.3 is 10.2 Å². The summed E-state index contributed by atoms with van der Waals surface area (Å²) in [4.78, 5) is 25.3. The Balaban J connectivity index is 2.56. The van der Waals surface area contributed by atoms with Gasteiger partial charge in [-0.3, -0.25) is 9.59 Å². The molecule has 1 aromatic carbocycles. The number of nitrogens with one attached hydrogen (secondary N) is 1. The maximum atomic E-state index is 12.3. The highest BCUT2D eigenvalue weighted by molar-refractivity contribution is 6.06. The van der Waals surface area contributed by atoms with E-state index in [-0.39, 0.29) is 11.8 Å². The predicted molar refractivity (Wildman–Crippen MR) is 70.5 cm³/mol. The molecule has 4 heteroatoms. The molecule has 0 aliphatic carbocycles. The van der Waals surface area contributed by atoms with Crippen molar-refractivity contribution in [3.8, 4) is 0 Å². The summed E-state index contributed by atoms with van der Waals surface area (Å²) in [5, 5.41) is 2.74. The Hall–Kier alpha value is -1.84. The third-order valence-electron chi connectivity index (χ3n) is 3.23. The van der Waals surface area contributed by atoms with Crippen molar-refractivity contribution in [2.75, 3.05) is 11.4 Å². The molecule has 2 amide bonds. The van der Waals surface area contributed by atoms with Gasteiger partial charge in [0.1, 0.15) is 6.04 Å². The van der Waals surface area contributed by atoms with Crippen molar-refractivity contribution in [3.63, 3.8) is 0 Å². The maximum Gasteiger partial charge on any atom is 0.254 e. The number of carbonyl (C=O) groups is 2. The molecule has 4 nitrogen and oxygen atoms in total. The molecule has 1 unspecified atom stereocenters. The average Bonchev–Trinajstić information content (AvgIpc) is 2.52. The van der Waals surface area contributed by atoms with Gasteiger partial charge in [0.2, 0.25) is 5.91 Å². The summed E-state index contributed by atoms with van der Waals surface area (Å²) >= 11 is 0. The topological polar surface area (TPSA) is 49.4 Å². The molecule has 1 heterocycles. The van der Waals surface area contributed by atoms with Crippen molar-refractivity contribution in [1.29, 1.82) is 0 Å². The molecule has 1 aromatic rings. The lowest BCUT2D eigenvalue weighted by Gasteiger charge is -2.17. The lowest BCUT2D eigenvalue weighted by molar-refractivity contribution is -0.126. The fourth-order valence-electron chi connectivity index (χ4n) is 2.64. The number of hydrogen-bond donors (Lipinski definition) is 1. The van der Waals surface area contributed by atoms with Gasteiger partial charge in [-0.2, -0.15) is 0 Å². The van der Waals surface area contributed by atoms with Crippen LogP contribution in [0.25, 0.3) is 0 Å². The highest BCUT2D eigenvalue weighted by Gasteiger charge is 2.38. The van der Waals surface area contributed by atoms with Crippen LogP contribution in [0.5, 0.6) is 0 Å². The predicted octanol–water partition coefficient (Wildman–Crippen LogP) is 1.85. The van der Waals surface area contributed by atoms with E-state index in [1.807, 2.05) is 26.8 Å². The molecule has 0 radical (unpaired) electrons. The molecule has 96 valence electrons. The first kappa shape index (κ1) is 12.6. The number of aryl methyl sites for hydroxylation is 2. The van der Waals surface area contributed by atoms with Crippen molar-refractivity contribution >= 4 is 17.5 Å². The van der Waals surface area contributed by atoms with Gasteiger partial charge in [-0.25, -0.2) is 0 Å². The molecule has 2 rings (SSSR count). The van der Waals surface area contributed by atoms with E-state index < -0.39 is 6.04 Å². The van der Waals surface area contributed by atoms with Crippen molar-refractivity contribution in [1.82, 2.24) is 5.32 Å². The lowest BCUT2D eigenvalue weighted by atomic mass is 10.0. The van der Waals surface area contributed by atoms with Gasteiger partial charge in [-0.15, -0.1) is 0 Å². The molecule has 18 heavy (non-hydrogen) atoms. The summed E-state index contributed by atoms with van der Waals surface area (Å²) in [6.45, 7) is 7.99. The Morgan fingerprint density at radius 2 is 2.06 bits per heavy atom. The summed E-state index contributed by atoms with van der Waals surface area (Å²) < 4.78 is 0. The van der Waals surface area contributed by atoms with Crippen LogP contribution in [0.2, 0.25) is 0 Å². The van der Waals surface area contributed by atoms with Crippen molar-refractivity contribution in [3.05, 3.63) is 28.8 Å². The van der Waals surface area contributed by atoms with E-state index >= 15 is 0 Å². The first-order valence-corrected chi connectivity index (χ1v) is 6.15. The zero-order valence-electron chi connectivity index (χ0n) is 11.2. The lowest BCUT2D eigenvalue weighted by Crippen LogP contribution is -2.36. The van der Waals surface area contributed by atoms with Crippen LogP contribution in [0.3, 0.4) is 0 Å². The van der Waals surface area contributed by atoms with Crippen molar-refractivity contribution in [2.45, 2.75) is 33.7 Å². The quantitative estimate of drug-likeness (QED) is 0.865. The summed E-state index contributed by atoms with van der Waals surface area (Å²) in [6, 6.07) is 3.51. The van der Waals surface area contributed by atoms with Crippen LogP contribution in [0.15, 0.2) is 12.1 Å². The zero-order valence-corrected chi connectivity index (χ0v) is 11.2. The monoisotopic (exact) mass is 246 g/mol. The zero-order chi connectivity index (χ0) is 13.4. The van der Waals surface area contributed by atoms with Crippen LogP contribution >= 0.6 is 0 Å². The summed E-state index contributed by atoms with van der Waals surface area (Å²) in [6.07, 6.45) is 0. The first-order valence-electron chi connectivity index (χ1n) is 6.15. The van der Waals surface area contributed by atoms with Crippen LogP contribution in [0.1, 0.15) is 36.6 Å². The smallest absolute Gasteiger partial charge is 0.254 e. The minimum Gasteiger partial charge on any atom is -0.341 e. The molecule has 1 aliphatic rings. The highest BCUT2D eigenvalue weighted by Crippen LogP contribution is 2.38. The van der Waals surface area contributed by atoms with Crippen LogP contribution in [0, 0.1) is 13.8 Å². The SMILES string of the molecule is CCN1C(=O)C(NC(C)=O)c2cc(C)cc(C)c21. The Kier molecular flexibility index (Phi) is 3.11. The Morgan fingerprint density at radius 1 is 1.39 bits per heavy atom. The average molecular weight is 246 g/mol. The van der Waals surface area contributed by atoms with E-state index in [1.54, 1.807) is 4.90 Å². The number of rotatable bonds is 2. The van der Waals surface area contributed by atoms with E-state index in [9.17, 15) is 9.59 Å². The van der Waals surface area contributed by atoms with Gasteiger partial charge in [-0.05, 0) is 26.3 Å². The van der Waals surface area contributed by atoms with Crippen LogP contribution in [0.4, 0.5) is 5.69 Å². The molecule has 0 saturated carbocycles. The second-order valence-corrected chi connectivity index (χ2v) is 4.74. The third-order valence-corrected chi connectivity index (χ3v) is 3.23. The standard InChI is InChI=1S/C14H18N2O2/c1-5-16-13-9(3)6-8(2)7-11(13)12(14(16)18)15-10(4)17/h6-7,12H,5H2,1-4H3,(H,15,17). The van der Waals surface area contributed by atoms with Gasteiger partial charge in [0.05, 0.1) is 5.69 Å². The largest absolute Gasteiger partial charge is 0.341 e. The first-order chi connectivity index (χ1) is 8.45. The molecule has 0 spiro atoms. The van der Waals surface area contributed by atoms with Crippen molar-refractivity contribution in [2.24, 2.45) is 0 Å². The number of fused-ring (bicyclic) bond motifs is 1. The van der Waals surface area contributed by atoms with E-state index in [0.717, 1.165) is 22.4 Å². The number of benzene rings is 1. The van der Waals surface area contributed by atoms with Gasteiger partial charge in [-0.1, -0.05) is 17.7 Å². The summed E-state index contributed by atoms with van der Waals surface area (Å²) in [5.74, 6) is -0.229. The molecule has 1 N–H and O–H groups in total. The van der Waals surface area contributed by atoms with Crippen LogP contribution < -0.4 is 10.2 Å². The number of carbonyl (C=O) groups excluding carboxylic acids is 2. The Bertz CT molecular complexity index is 523. The Labute approximate surface area is 107 Å². The Morgan fingerprint density at radius 3 is 2.61 bits per heavy atom. The fraction of sp³-hybridized carbons (Fsp3) is 0.429. The normalized spacial score (nSPS) is 17.9. The van der Waals surface area contributed by atoms with Gasteiger partial charge in [0.25, 0.3) is 5.91 Å². The highest BCUT2D eigenvalue weighted by atomic mass is 16.2. The van der Waals surface area contributed by atoms with E-state index in [2.05, 4.69) is 11.4 Å². The minimum absolute atomic E-state index is 0.0450. The molecular weight excluding hydrogens is 228 g/mol. The molecule has 0 saturated heterocycles. The second kappa shape index (κ2) is 4.44. The maximum absolute atomic E-state index is 12.3. The van der Waals surface area contributed by atoms with Crippen LogP contribution in [-0.2, 0) is 9.59 Å². The number of hydrogen-bond acceptors (Lipinski definition) is 2. The van der Waals surface area contributed by atoms with E-state index in [1.165, 1.54) is 6.92 Å². The molecular formula is C14H18N2O2. The molecule has 0 fully saturated rings. The van der Waals surface area contributed by atoms with Crippen LogP contribution in [-0.4, -0.2) is 18.4 Å². The second-order valence-electron chi connectivity index (χ2n) is 4.74. The summed E-state index contributed by atoms with van der Waals surface area (Å²) in [7, 11) is 0.